The Bertz CT molecular complexity index is 880. The molecule has 0 saturated carbocycles. The summed E-state index contributed by atoms with van der Waals surface area (Å²) in [6, 6.07) is 18.6. The Morgan fingerprint density at radius 1 is 0.870 bits per heavy atom. The molecule has 0 fully saturated rings. The van der Waals surface area contributed by atoms with Crippen LogP contribution in [0.25, 0.3) is 16.8 Å². The van der Waals surface area contributed by atoms with E-state index in [1.807, 2.05) is 30.3 Å². The fourth-order valence-corrected chi connectivity index (χ4v) is 2.42. The number of halogens is 2. The zero-order chi connectivity index (χ0) is 16.4. The first-order chi connectivity index (χ1) is 10.9. The van der Waals surface area contributed by atoms with Gasteiger partial charge in [-0.1, -0.05) is 42.5 Å². The zero-order valence-corrected chi connectivity index (χ0v) is 12.5. The average molecular weight is 311 g/mol. The third-order valence-corrected chi connectivity index (χ3v) is 3.65. The number of rotatable bonds is 3. The van der Waals surface area contributed by atoms with Gasteiger partial charge in [0.1, 0.15) is 0 Å². The lowest BCUT2D eigenvalue weighted by Gasteiger charge is -2.13. The summed E-state index contributed by atoms with van der Waals surface area (Å²) in [5, 5.41) is 0. The third-order valence-electron chi connectivity index (χ3n) is 3.65. The second-order valence-electron chi connectivity index (χ2n) is 5.43. The van der Waals surface area contributed by atoms with E-state index in [2.05, 4.69) is 0 Å². The number of aromatic nitrogens is 1. The molecule has 23 heavy (non-hydrogen) atoms. The van der Waals surface area contributed by atoms with Crippen molar-refractivity contribution >= 4 is 0 Å². The molecule has 0 amide bonds. The van der Waals surface area contributed by atoms with Gasteiger partial charge < -0.3 is 0 Å². The monoisotopic (exact) mass is 311 g/mol. The van der Waals surface area contributed by atoms with Crippen molar-refractivity contribution in [2.75, 3.05) is 0 Å². The Kier molecular flexibility index (Phi) is 3.82. The predicted octanol–water partition coefficient (Wildman–Crippen LogP) is 4.62. The molecule has 0 N–H and O–H groups in total. The van der Waals surface area contributed by atoms with Crippen LogP contribution in [0.5, 0.6) is 0 Å². The van der Waals surface area contributed by atoms with E-state index in [4.69, 9.17) is 0 Å². The molecule has 3 rings (SSSR count). The van der Waals surface area contributed by atoms with Crippen molar-refractivity contribution < 1.29 is 8.78 Å². The van der Waals surface area contributed by atoms with Crippen molar-refractivity contribution in [1.29, 1.82) is 0 Å². The van der Waals surface area contributed by atoms with Crippen LogP contribution in [0.2, 0.25) is 0 Å². The van der Waals surface area contributed by atoms with E-state index < -0.39 is 5.92 Å². The van der Waals surface area contributed by atoms with Crippen molar-refractivity contribution in [2.45, 2.75) is 12.8 Å². The van der Waals surface area contributed by atoms with E-state index in [0.29, 0.717) is 5.69 Å². The zero-order valence-electron chi connectivity index (χ0n) is 12.5. The number of alkyl halides is 2. The molecule has 0 radical (unpaired) electrons. The molecule has 2 aromatic carbocycles. The highest BCUT2D eigenvalue weighted by Crippen LogP contribution is 2.28. The average Bonchev–Trinajstić information content (AvgIpc) is 2.55. The van der Waals surface area contributed by atoms with Crippen molar-refractivity contribution in [3.63, 3.8) is 0 Å². The van der Waals surface area contributed by atoms with Gasteiger partial charge in [-0.3, -0.25) is 9.36 Å². The van der Waals surface area contributed by atoms with Crippen LogP contribution in [0.15, 0.2) is 77.7 Å². The van der Waals surface area contributed by atoms with Crippen LogP contribution < -0.4 is 5.56 Å². The van der Waals surface area contributed by atoms with E-state index in [1.165, 1.54) is 28.8 Å². The summed E-state index contributed by atoms with van der Waals surface area (Å²) >= 11 is 0. The molecule has 2 nitrogen and oxygen atoms in total. The van der Waals surface area contributed by atoms with Gasteiger partial charge in [0.25, 0.3) is 11.5 Å². The molecular weight excluding hydrogens is 296 g/mol. The van der Waals surface area contributed by atoms with Crippen LogP contribution in [0.3, 0.4) is 0 Å². The highest BCUT2D eigenvalue weighted by Gasteiger charge is 2.24. The molecule has 1 aromatic heterocycles. The summed E-state index contributed by atoms with van der Waals surface area (Å²) in [6.07, 6.45) is 1.67. The molecule has 0 atom stereocenters. The summed E-state index contributed by atoms with van der Waals surface area (Å²) in [6.45, 7) is 0.843. The Hall–Kier alpha value is -2.75. The molecule has 0 unspecified atom stereocenters. The molecule has 0 bridgehead atoms. The first kappa shape index (κ1) is 15.2. The van der Waals surface area contributed by atoms with Gasteiger partial charge >= 0.3 is 0 Å². The van der Waals surface area contributed by atoms with Gasteiger partial charge in [0.2, 0.25) is 0 Å². The molecule has 0 aliphatic carbocycles. The third kappa shape index (κ3) is 3.21. The van der Waals surface area contributed by atoms with Gasteiger partial charge in [-0.25, -0.2) is 8.78 Å². The molecule has 0 aliphatic rings. The lowest BCUT2D eigenvalue weighted by atomic mass is 10.1. The van der Waals surface area contributed by atoms with E-state index in [0.717, 1.165) is 18.1 Å². The molecule has 0 saturated heterocycles. The van der Waals surface area contributed by atoms with Crippen molar-refractivity contribution in [3.05, 3.63) is 88.8 Å². The first-order valence-corrected chi connectivity index (χ1v) is 7.22. The van der Waals surface area contributed by atoms with Crippen LogP contribution in [0, 0.1) is 0 Å². The fraction of sp³-hybridized carbons (Fsp3) is 0.105. The molecule has 3 aromatic rings. The smallest absolute Gasteiger partial charge is 0.270 e. The second-order valence-corrected chi connectivity index (χ2v) is 5.43. The predicted molar refractivity (Wildman–Crippen MR) is 87.0 cm³/mol. The molecular formula is C19H15F2NO. The molecule has 0 aliphatic heterocycles. The van der Waals surface area contributed by atoms with Gasteiger partial charge in [-0.15, -0.1) is 0 Å². The highest BCUT2D eigenvalue weighted by atomic mass is 19.3. The van der Waals surface area contributed by atoms with Gasteiger partial charge in [-0.2, -0.15) is 0 Å². The van der Waals surface area contributed by atoms with Gasteiger partial charge in [0.05, 0.1) is 0 Å². The summed E-state index contributed by atoms with van der Waals surface area (Å²) in [7, 11) is 0. The Morgan fingerprint density at radius 3 is 2.30 bits per heavy atom. The summed E-state index contributed by atoms with van der Waals surface area (Å²) in [5.74, 6) is -2.95. The normalized spacial score (nSPS) is 11.4. The first-order valence-electron chi connectivity index (χ1n) is 7.22. The minimum Gasteiger partial charge on any atom is -0.284 e. The summed E-state index contributed by atoms with van der Waals surface area (Å²) < 4.78 is 28.4. The van der Waals surface area contributed by atoms with Gasteiger partial charge in [-0.05, 0) is 29.3 Å². The van der Waals surface area contributed by atoms with Crippen LogP contribution in [0.4, 0.5) is 8.78 Å². The minimum atomic E-state index is -2.95. The second kappa shape index (κ2) is 5.80. The number of hydrogen-bond acceptors (Lipinski definition) is 1. The van der Waals surface area contributed by atoms with E-state index >= 15 is 0 Å². The summed E-state index contributed by atoms with van der Waals surface area (Å²) in [5.41, 5.74) is 1.84. The van der Waals surface area contributed by atoms with Crippen LogP contribution in [-0.4, -0.2) is 4.57 Å². The van der Waals surface area contributed by atoms with Crippen LogP contribution >= 0.6 is 0 Å². The van der Waals surface area contributed by atoms with Crippen LogP contribution in [0.1, 0.15) is 12.5 Å². The topological polar surface area (TPSA) is 22.0 Å². The number of benzene rings is 2. The Morgan fingerprint density at radius 2 is 1.61 bits per heavy atom. The summed E-state index contributed by atoms with van der Waals surface area (Å²) in [4.78, 5) is 12.1. The molecule has 4 heteroatoms. The number of pyridine rings is 1. The largest absolute Gasteiger partial charge is 0.284 e. The molecule has 116 valence electrons. The quantitative estimate of drug-likeness (QED) is 0.692. The van der Waals surface area contributed by atoms with E-state index in [1.54, 1.807) is 18.3 Å². The van der Waals surface area contributed by atoms with Crippen molar-refractivity contribution in [3.8, 4) is 16.8 Å². The molecule has 0 spiro atoms. The highest BCUT2D eigenvalue weighted by molar-refractivity contribution is 5.62. The minimum absolute atomic E-state index is 0.119. The molecule has 1 heterocycles. The fourth-order valence-electron chi connectivity index (χ4n) is 2.42. The standard InChI is InChI=1S/C19H15F2NO/c1-19(20,21)16-8-5-9-17(12-16)22-13-15(10-11-18(22)23)14-6-3-2-4-7-14/h2-13H,1H3. The SMILES string of the molecule is CC(F)(F)c1cccc(-n2cc(-c3ccccc3)ccc2=O)c1. The lowest BCUT2D eigenvalue weighted by molar-refractivity contribution is 0.0174. The van der Waals surface area contributed by atoms with Gasteiger partial charge in [0.15, 0.2) is 0 Å². The van der Waals surface area contributed by atoms with Crippen molar-refractivity contribution in [2.24, 2.45) is 0 Å². The lowest BCUT2D eigenvalue weighted by Crippen LogP contribution is -2.17. The van der Waals surface area contributed by atoms with Gasteiger partial charge in [0, 0.05) is 30.4 Å². The Balaban J connectivity index is 2.12. The maximum Gasteiger partial charge on any atom is 0.270 e. The van der Waals surface area contributed by atoms with E-state index in [9.17, 15) is 13.6 Å². The van der Waals surface area contributed by atoms with E-state index in [-0.39, 0.29) is 11.1 Å². The Labute approximate surface area is 132 Å². The maximum atomic E-state index is 13.5. The van der Waals surface area contributed by atoms with Crippen molar-refractivity contribution in [1.82, 2.24) is 4.57 Å². The number of nitrogens with zero attached hydrogens (tertiary/aromatic N) is 1. The van der Waals surface area contributed by atoms with Crippen LogP contribution in [-0.2, 0) is 5.92 Å². The maximum absolute atomic E-state index is 13.5. The number of hydrogen-bond donors (Lipinski definition) is 0.